The van der Waals surface area contributed by atoms with Crippen LogP contribution in [0, 0.1) is 0 Å². The molecule has 0 aliphatic carbocycles. The summed E-state index contributed by atoms with van der Waals surface area (Å²) < 4.78 is 10.5. The van der Waals surface area contributed by atoms with Crippen LogP contribution < -0.4 is 10.1 Å². The highest BCUT2D eigenvalue weighted by Gasteiger charge is 2.01. The Morgan fingerprint density at radius 3 is 2.43 bits per heavy atom. The Morgan fingerprint density at radius 1 is 1.00 bits per heavy atom. The van der Waals surface area contributed by atoms with Gasteiger partial charge in [-0.2, -0.15) is 0 Å². The van der Waals surface area contributed by atoms with Crippen molar-refractivity contribution in [3.63, 3.8) is 0 Å². The van der Waals surface area contributed by atoms with Crippen molar-refractivity contribution < 1.29 is 9.47 Å². The lowest BCUT2D eigenvalue weighted by atomic mass is 10.2. The number of hydrogen-bond donors (Lipinski definition) is 1. The maximum absolute atomic E-state index is 6.11. The van der Waals surface area contributed by atoms with Crippen molar-refractivity contribution in [1.29, 1.82) is 0 Å². The normalized spacial score (nSPS) is 10.4. The molecule has 3 nitrogen and oxygen atoms in total. The van der Waals surface area contributed by atoms with Crippen LogP contribution in [0.5, 0.6) is 5.75 Å². The smallest absolute Gasteiger partial charge is 0.119 e. The SMILES string of the molecule is COCCOc1ccc(CNc2ccc(Cl)cc2Cl)cc1. The zero-order valence-electron chi connectivity index (χ0n) is 11.7. The van der Waals surface area contributed by atoms with Gasteiger partial charge in [0.05, 0.1) is 17.3 Å². The Labute approximate surface area is 134 Å². The van der Waals surface area contributed by atoms with Crippen LogP contribution >= 0.6 is 23.2 Å². The average Bonchev–Trinajstić information content (AvgIpc) is 2.48. The van der Waals surface area contributed by atoms with E-state index in [2.05, 4.69) is 5.32 Å². The van der Waals surface area contributed by atoms with Gasteiger partial charge in [0.25, 0.3) is 0 Å². The molecule has 0 amide bonds. The van der Waals surface area contributed by atoms with Gasteiger partial charge in [0.1, 0.15) is 12.4 Å². The van der Waals surface area contributed by atoms with Crippen molar-refractivity contribution in [2.24, 2.45) is 0 Å². The number of nitrogens with one attached hydrogen (secondary N) is 1. The minimum absolute atomic E-state index is 0.550. The Bertz CT molecular complexity index is 573. The van der Waals surface area contributed by atoms with Gasteiger partial charge < -0.3 is 14.8 Å². The van der Waals surface area contributed by atoms with Crippen LogP contribution in [0.15, 0.2) is 42.5 Å². The number of methoxy groups -OCH3 is 1. The van der Waals surface area contributed by atoms with Gasteiger partial charge in [-0.1, -0.05) is 35.3 Å². The largest absolute Gasteiger partial charge is 0.491 e. The van der Waals surface area contributed by atoms with E-state index in [0.717, 1.165) is 17.0 Å². The van der Waals surface area contributed by atoms with Crippen LogP contribution in [0.4, 0.5) is 5.69 Å². The Hall–Kier alpha value is -1.42. The number of halogens is 2. The van der Waals surface area contributed by atoms with E-state index in [4.69, 9.17) is 32.7 Å². The molecule has 1 N–H and O–H groups in total. The molecule has 2 rings (SSSR count). The summed E-state index contributed by atoms with van der Waals surface area (Å²) in [6, 6.07) is 13.3. The lowest BCUT2D eigenvalue weighted by Crippen LogP contribution is -2.04. The van der Waals surface area contributed by atoms with Crippen molar-refractivity contribution >= 4 is 28.9 Å². The van der Waals surface area contributed by atoms with Crippen LogP contribution in [0.3, 0.4) is 0 Å². The van der Waals surface area contributed by atoms with Crippen LogP contribution in [-0.2, 0) is 11.3 Å². The quantitative estimate of drug-likeness (QED) is 0.753. The molecule has 0 aliphatic rings. The second kappa shape index (κ2) is 8.13. The van der Waals surface area contributed by atoms with Crippen LogP contribution in [0.1, 0.15) is 5.56 Å². The molecule has 0 saturated heterocycles. The molecule has 0 atom stereocenters. The molecule has 0 aromatic heterocycles. The predicted molar refractivity (Wildman–Crippen MR) is 87.6 cm³/mol. The third-order valence-electron chi connectivity index (χ3n) is 2.89. The molecule has 21 heavy (non-hydrogen) atoms. The summed E-state index contributed by atoms with van der Waals surface area (Å²) in [5.74, 6) is 0.834. The third-order valence-corrected chi connectivity index (χ3v) is 3.44. The molecule has 5 heteroatoms. The number of anilines is 1. The summed E-state index contributed by atoms with van der Waals surface area (Å²) in [5, 5.41) is 4.52. The summed E-state index contributed by atoms with van der Waals surface area (Å²) >= 11 is 12.0. The van der Waals surface area contributed by atoms with E-state index in [-0.39, 0.29) is 0 Å². The lowest BCUT2D eigenvalue weighted by Gasteiger charge is -2.10. The van der Waals surface area contributed by atoms with E-state index in [1.807, 2.05) is 36.4 Å². The molecule has 0 radical (unpaired) electrons. The highest BCUT2D eigenvalue weighted by atomic mass is 35.5. The maximum Gasteiger partial charge on any atom is 0.119 e. The maximum atomic E-state index is 6.11. The second-order valence-corrected chi connectivity index (χ2v) is 5.31. The van der Waals surface area contributed by atoms with Gasteiger partial charge in [-0.25, -0.2) is 0 Å². The zero-order valence-corrected chi connectivity index (χ0v) is 13.2. The molecule has 112 valence electrons. The topological polar surface area (TPSA) is 30.5 Å². The monoisotopic (exact) mass is 325 g/mol. The molecule has 0 saturated carbocycles. The summed E-state index contributed by atoms with van der Waals surface area (Å²) in [6.45, 7) is 1.81. The molecule has 0 bridgehead atoms. The van der Waals surface area contributed by atoms with Crippen molar-refractivity contribution in [3.05, 3.63) is 58.1 Å². The number of ether oxygens (including phenoxy) is 2. The van der Waals surface area contributed by atoms with Crippen LogP contribution in [-0.4, -0.2) is 20.3 Å². The van der Waals surface area contributed by atoms with Crippen molar-refractivity contribution in [2.75, 3.05) is 25.6 Å². The first-order chi connectivity index (χ1) is 10.2. The second-order valence-electron chi connectivity index (χ2n) is 4.46. The standard InChI is InChI=1S/C16H17Cl2NO2/c1-20-8-9-21-14-5-2-12(3-6-14)11-19-16-7-4-13(17)10-15(16)18/h2-7,10,19H,8-9,11H2,1H3. The van der Waals surface area contributed by atoms with E-state index < -0.39 is 0 Å². The third kappa shape index (κ3) is 5.12. The van der Waals surface area contributed by atoms with E-state index in [9.17, 15) is 0 Å². The van der Waals surface area contributed by atoms with Gasteiger partial charge in [0.2, 0.25) is 0 Å². The minimum Gasteiger partial charge on any atom is -0.491 e. The molecular formula is C16H17Cl2NO2. The first-order valence-corrected chi connectivity index (χ1v) is 7.34. The first kappa shape index (κ1) is 16.0. The first-order valence-electron chi connectivity index (χ1n) is 6.58. The molecule has 0 aliphatic heterocycles. The van der Waals surface area contributed by atoms with Crippen molar-refractivity contribution in [1.82, 2.24) is 0 Å². The highest BCUT2D eigenvalue weighted by Crippen LogP contribution is 2.25. The summed E-state index contributed by atoms with van der Waals surface area (Å²) in [6.07, 6.45) is 0. The van der Waals surface area contributed by atoms with Gasteiger partial charge in [-0.05, 0) is 35.9 Å². The minimum atomic E-state index is 0.550. The number of rotatable bonds is 7. The summed E-state index contributed by atoms with van der Waals surface area (Å²) in [7, 11) is 1.65. The van der Waals surface area contributed by atoms with E-state index >= 15 is 0 Å². The molecule has 2 aromatic rings. The van der Waals surface area contributed by atoms with Gasteiger partial charge in [-0.15, -0.1) is 0 Å². The Kier molecular flexibility index (Phi) is 6.18. The van der Waals surface area contributed by atoms with Crippen molar-refractivity contribution in [2.45, 2.75) is 6.54 Å². The molecule has 0 fully saturated rings. The van der Waals surface area contributed by atoms with Crippen LogP contribution in [0.25, 0.3) is 0 Å². The molecule has 0 heterocycles. The average molecular weight is 326 g/mol. The van der Waals surface area contributed by atoms with Gasteiger partial charge in [0, 0.05) is 18.7 Å². The highest BCUT2D eigenvalue weighted by molar-refractivity contribution is 6.36. The summed E-state index contributed by atoms with van der Waals surface area (Å²) in [4.78, 5) is 0. The van der Waals surface area contributed by atoms with Gasteiger partial charge in [0.15, 0.2) is 0 Å². The van der Waals surface area contributed by atoms with E-state index in [1.54, 1.807) is 13.2 Å². The lowest BCUT2D eigenvalue weighted by molar-refractivity contribution is 0.146. The molecule has 0 unspecified atom stereocenters. The number of benzene rings is 2. The fraction of sp³-hybridized carbons (Fsp3) is 0.250. The predicted octanol–water partition coefficient (Wildman–Crippen LogP) is 4.63. The fourth-order valence-electron chi connectivity index (χ4n) is 1.78. The van der Waals surface area contributed by atoms with E-state index in [0.29, 0.717) is 29.8 Å². The molecular weight excluding hydrogens is 309 g/mol. The Balaban J connectivity index is 1.88. The molecule has 2 aromatic carbocycles. The number of hydrogen-bond acceptors (Lipinski definition) is 3. The van der Waals surface area contributed by atoms with Gasteiger partial charge in [-0.3, -0.25) is 0 Å². The zero-order chi connectivity index (χ0) is 15.1. The summed E-state index contributed by atoms with van der Waals surface area (Å²) in [5.41, 5.74) is 2.00. The van der Waals surface area contributed by atoms with Crippen molar-refractivity contribution in [3.8, 4) is 5.75 Å². The van der Waals surface area contributed by atoms with E-state index in [1.165, 1.54) is 0 Å². The fourth-order valence-corrected chi connectivity index (χ4v) is 2.25. The molecule has 0 spiro atoms. The van der Waals surface area contributed by atoms with Gasteiger partial charge >= 0.3 is 0 Å². The van der Waals surface area contributed by atoms with Crippen LogP contribution in [0.2, 0.25) is 10.0 Å². The Morgan fingerprint density at radius 2 is 1.76 bits per heavy atom.